The predicted molar refractivity (Wildman–Crippen MR) is 51.3 cm³/mol. The van der Waals surface area contributed by atoms with Crippen molar-refractivity contribution in [2.75, 3.05) is 20.3 Å². The zero-order chi connectivity index (χ0) is 12.2. The van der Waals surface area contributed by atoms with Gasteiger partial charge < -0.3 is 9.47 Å². The fraction of sp³-hybridized carbons (Fsp3) is 0.500. The lowest BCUT2D eigenvalue weighted by Gasteiger charge is -2.15. The highest BCUT2D eigenvalue weighted by atomic mass is 19.4. The molecule has 0 radical (unpaired) electrons. The monoisotopic (exact) mass is 235 g/mol. The second-order valence-corrected chi connectivity index (χ2v) is 3.11. The van der Waals surface area contributed by atoms with Gasteiger partial charge in [0.15, 0.2) is 0 Å². The Balaban J connectivity index is 2.95. The van der Waals surface area contributed by atoms with Gasteiger partial charge in [-0.15, -0.1) is 0 Å². The zero-order valence-electron chi connectivity index (χ0n) is 8.97. The van der Waals surface area contributed by atoms with Gasteiger partial charge in [-0.2, -0.15) is 13.2 Å². The molecule has 0 fully saturated rings. The van der Waals surface area contributed by atoms with E-state index in [1.54, 1.807) is 0 Å². The standard InChI is InChI=1S/C10H12F3NO2/c1-7-9(10(11,12)13)8(3-4-14-7)16-6-5-15-2/h3-4H,5-6H2,1-2H3. The number of aromatic nitrogens is 1. The molecule has 0 spiro atoms. The van der Waals surface area contributed by atoms with Crippen molar-refractivity contribution in [3.05, 3.63) is 23.5 Å². The average molecular weight is 235 g/mol. The van der Waals surface area contributed by atoms with E-state index in [-0.39, 0.29) is 24.7 Å². The van der Waals surface area contributed by atoms with Crippen LogP contribution in [0.25, 0.3) is 0 Å². The molecule has 3 nitrogen and oxygen atoms in total. The third-order valence-corrected chi connectivity index (χ3v) is 1.93. The molecule has 0 aliphatic carbocycles. The van der Waals surface area contributed by atoms with E-state index in [1.807, 2.05) is 0 Å². The van der Waals surface area contributed by atoms with Crippen molar-refractivity contribution in [2.45, 2.75) is 13.1 Å². The molecule has 0 saturated heterocycles. The molecule has 0 amide bonds. The summed E-state index contributed by atoms with van der Waals surface area (Å²) in [5, 5.41) is 0. The molecule has 1 aromatic heterocycles. The molecule has 0 N–H and O–H groups in total. The van der Waals surface area contributed by atoms with E-state index in [4.69, 9.17) is 9.47 Å². The smallest absolute Gasteiger partial charge is 0.421 e. The molecule has 0 bridgehead atoms. The van der Waals surface area contributed by atoms with Crippen LogP contribution in [0, 0.1) is 6.92 Å². The number of rotatable bonds is 4. The molecule has 90 valence electrons. The lowest BCUT2D eigenvalue weighted by Crippen LogP contribution is -2.13. The van der Waals surface area contributed by atoms with Gasteiger partial charge in [-0.25, -0.2) is 0 Å². The number of alkyl halides is 3. The van der Waals surface area contributed by atoms with Crippen molar-refractivity contribution >= 4 is 0 Å². The number of pyridine rings is 1. The van der Waals surface area contributed by atoms with Crippen LogP contribution in [-0.4, -0.2) is 25.3 Å². The van der Waals surface area contributed by atoms with Crippen LogP contribution in [0.15, 0.2) is 12.3 Å². The van der Waals surface area contributed by atoms with Crippen LogP contribution in [0.4, 0.5) is 13.2 Å². The maximum atomic E-state index is 12.7. The van der Waals surface area contributed by atoms with Gasteiger partial charge in [-0.1, -0.05) is 0 Å². The number of nitrogens with zero attached hydrogens (tertiary/aromatic N) is 1. The molecule has 0 aliphatic heterocycles. The molecule has 0 saturated carbocycles. The fourth-order valence-corrected chi connectivity index (χ4v) is 1.24. The third-order valence-electron chi connectivity index (χ3n) is 1.93. The maximum absolute atomic E-state index is 12.7. The summed E-state index contributed by atoms with van der Waals surface area (Å²) < 4.78 is 47.7. The van der Waals surface area contributed by atoms with Crippen LogP contribution in [0.2, 0.25) is 0 Å². The number of methoxy groups -OCH3 is 1. The molecule has 0 aromatic carbocycles. The Morgan fingerprint density at radius 1 is 1.31 bits per heavy atom. The van der Waals surface area contributed by atoms with E-state index in [0.29, 0.717) is 0 Å². The lowest BCUT2D eigenvalue weighted by atomic mass is 10.2. The Morgan fingerprint density at radius 3 is 2.56 bits per heavy atom. The van der Waals surface area contributed by atoms with E-state index in [0.717, 1.165) is 0 Å². The first kappa shape index (κ1) is 12.8. The molecule has 1 heterocycles. The molecule has 0 aliphatic rings. The van der Waals surface area contributed by atoms with Crippen LogP contribution in [0.1, 0.15) is 11.3 Å². The highest BCUT2D eigenvalue weighted by molar-refractivity contribution is 5.37. The predicted octanol–water partition coefficient (Wildman–Crippen LogP) is 2.43. The van der Waals surface area contributed by atoms with Crippen LogP contribution in [0.3, 0.4) is 0 Å². The highest BCUT2D eigenvalue weighted by Gasteiger charge is 2.36. The molecular formula is C10H12F3NO2. The van der Waals surface area contributed by atoms with E-state index in [2.05, 4.69) is 4.98 Å². The number of hydrogen-bond acceptors (Lipinski definition) is 3. The van der Waals surface area contributed by atoms with Crippen molar-refractivity contribution in [1.29, 1.82) is 0 Å². The number of aryl methyl sites for hydroxylation is 1. The molecule has 6 heteroatoms. The van der Waals surface area contributed by atoms with Crippen molar-refractivity contribution in [3.8, 4) is 5.75 Å². The summed E-state index contributed by atoms with van der Waals surface area (Å²) >= 11 is 0. The van der Waals surface area contributed by atoms with Gasteiger partial charge in [0.2, 0.25) is 0 Å². The largest absolute Gasteiger partial charge is 0.490 e. The van der Waals surface area contributed by atoms with Crippen molar-refractivity contribution in [3.63, 3.8) is 0 Å². The molecule has 0 unspecified atom stereocenters. The Hall–Kier alpha value is -1.30. The summed E-state index contributed by atoms with van der Waals surface area (Å²) in [4.78, 5) is 3.60. The number of ether oxygens (including phenoxy) is 2. The quantitative estimate of drug-likeness (QED) is 0.751. The number of hydrogen-bond donors (Lipinski definition) is 0. The highest BCUT2D eigenvalue weighted by Crippen LogP contribution is 2.37. The molecular weight excluding hydrogens is 223 g/mol. The summed E-state index contributed by atoms with van der Waals surface area (Å²) in [6.45, 7) is 1.60. The van der Waals surface area contributed by atoms with Crippen LogP contribution < -0.4 is 4.74 Å². The van der Waals surface area contributed by atoms with Gasteiger partial charge in [-0.3, -0.25) is 4.98 Å². The average Bonchev–Trinajstić information content (AvgIpc) is 2.16. The molecule has 1 rings (SSSR count). The van der Waals surface area contributed by atoms with E-state index in [1.165, 1.54) is 26.3 Å². The van der Waals surface area contributed by atoms with E-state index >= 15 is 0 Å². The van der Waals surface area contributed by atoms with Gasteiger partial charge in [-0.05, 0) is 13.0 Å². The number of halogens is 3. The molecule has 0 atom stereocenters. The normalized spacial score (nSPS) is 11.6. The van der Waals surface area contributed by atoms with Gasteiger partial charge in [0.25, 0.3) is 0 Å². The van der Waals surface area contributed by atoms with Gasteiger partial charge in [0.05, 0.1) is 12.3 Å². The van der Waals surface area contributed by atoms with Crippen molar-refractivity contribution in [1.82, 2.24) is 4.98 Å². The van der Waals surface area contributed by atoms with Crippen LogP contribution >= 0.6 is 0 Å². The first-order valence-electron chi connectivity index (χ1n) is 4.61. The maximum Gasteiger partial charge on any atom is 0.421 e. The summed E-state index contributed by atoms with van der Waals surface area (Å²) in [7, 11) is 1.45. The van der Waals surface area contributed by atoms with Gasteiger partial charge in [0, 0.05) is 13.3 Å². The first-order chi connectivity index (χ1) is 7.46. The Bertz CT molecular complexity index is 352. The SMILES string of the molecule is COCCOc1ccnc(C)c1C(F)(F)F. The summed E-state index contributed by atoms with van der Waals surface area (Å²) in [5.41, 5.74) is -0.923. The van der Waals surface area contributed by atoms with Crippen molar-refractivity contribution in [2.24, 2.45) is 0 Å². The molecule has 16 heavy (non-hydrogen) atoms. The fourth-order valence-electron chi connectivity index (χ4n) is 1.24. The van der Waals surface area contributed by atoms with Gasteiger partial charge in [0.1, 0.15) is 17.9 Å². The van der Waals surface area contributed by atoms with E-state index in [9.17, 15) is 13.2 Å². The first-order valence-corrected chi connectivity index (χ1v) is 4.61. The zero-order valence-corrected chi connectivity index (χ0v) is 8.97. The van der Waals surface area contributed by atoms with Crippen molar-refractivity contribution < 1.29 is 22.6 Å². The Labute approximate surface area is 91.2 Å². The Kier molecular flexibility index (Phi) is 4.12. The molecule has 1 aromatic rings. The van der Waals surface area contributed by atoms with Crippen LogP contribution in [-0.2, 0) is 10.9 Å². The summed E-state index contributed by atoms with van der Waals surface area (Å²) in [6.07, 6.45) is -3.17. The minimum absolute atomic E-state index is 0.0725. The minimum Gasteiger partial charge on any atom is -0.490 e. The van der Waals surface area contributed by atoms with Gasteiger partial charge >= 0.3 is 6.18 Å². The summed E-state index contributed by atoms with van der Waals surface area (Å²) in [5.74, 6) is -0.211. The summed E-state index contributed by atoms with van der Waals surface area (Å²) in [6, 6.07) is 1.20. The second kappa shape index (κ2) is 5.16. The third kappa shape index (κ3) is 3.10. The second-order valence-electron chi connectivity index (χ2n) is 3.11. The topological polar surface area (TPSA) is 31.4 Å². The Morgan fingerprint density at radius 2 is 2.00 bits per heavy atom. The lowest BCUT2D eigenvalue weighted by molar-refractivity contribution is -0.139. The minimum atomic E-state index is -4.46. The van der Waals surface area contributed by atoms with Crippen LogP contribution in [0.5, 0.6) is 5.75 Å². The van der Waals surface area contributed by atoms with E-state index < -0.39 is 11.7 Å².